The first-order chi connectivity index (χ1) is 8.69. The zero-order valence-electron chi connectivity index (χ0n) is 11.9. The van der Waals surface area contributed by atoms with E-state index >= 15 is 0 Å². The van der Waals surface area contributed by atoms with Crippen LogP contribution in [0.5, 0.6) is 0 Å². The van der Waals surface area contributed by atoms with Gasteiger partial charge < -0.3 is 9.31 Å². The van der Waals surface area contributed by atoms with E-state index in [1.165, 1.54) is 0 Å². The lowest BCUT2D eigenvalue weighted by Gasteiger charge is -2.32. The number of halogens is 1. The monoisotopic (exact) mass is 280 g/mol. The van der Waals surface area contributed by atoms with Gasteiger partial charge in [-0.3, -0.25) is 4.79 Å². The highest BCUT2D eigenvalue weighted by Crippen LogP contribution is 2.37. The van der Waals surface area contributed by atoms with Crippen molar-refractivity contribution in [1.82, 2.24) is 0 Å². The molecule has 0 saturated carbocycles. The van der Waals surface area contributed by atoms with Crippen LogP contribution in [0.4, 0.5) is 0 Å². The number of benzene rings is 1. The van der Waals surface area contributed by atoms with Crippen molar-refractivity contribution < 1.29 is 14.1 Å². The minimum atomic E-state index is -0.566. The molecule has 1 aromatic rings. The summed E-state index contributed by atoms with van der Waals surface area (Å²) >= 11 is 6.18. The minimum Gasteiger partial charge on any atom is -0.399 e. The van der Waals surface area contributed by atoms with Crippen LogP contribution >= 0.6 is 11.6 Å². The van der Waals surface area contributed by atoms with Gasteiger partial charge in [-0.05, 0) is 45.6 Å². The predicted molar refractivity (Wildman–Crippen MR) is 77.3 cm³/mol. The Balaban J connectivity index is 2.46. The summed E-state index contributed by atoms with van der Waals surface area (Å²) in [5.41, 5.74) is 1.12. The molecule has 19 heavy (non-hydrogen) atoms. The van der Waals surface area contributed by atoms with E-state index in [9.17, 15) is 4.79 Å². The maximum Gasteiger partial charge on any atom is 0.495 e. The van der Waals surface area contributed by atoms with Crippen LogP contribution in [0.25, 0.3) is 0 Å². The summed E-state index contributed by atoms with van der Waals surface area (Å²) in [6, 6.07) is 3.71. The second-order valence-electron chi connectivity index (χ2n) is 5.91. The third-order valence-corrected chi connectivity index (χ3v) is 4.53. The molecule has 1 fully saturated rings. The molecular formula is C14H18BClO3. The van der Waals surface area contributed by atoms with Crippen molar-refractivity contribution in [1.29, 1.82) is 0 Å². The summed E-state index contributed by atoms with van der Waals surface area (Å²) in [6.45, 7) is 9.77. The Kier molecular flexibility index (Phi) is 3.54. The van der Waals surface area contributed by atoms with Crippen LogP contribution in [0.1, 0.15) is 43.6 Å². The average molecular weight is 281 g/mol. The summed E-state index contributed by atoms with van der Waals surface area (Å²) in [7, 11) is -0.566. The van der Waals surface area contributed by atoms with Gasteiger partial charge >= 0.3 is 7.12 Å². The number of hydrogen-bond acceptors (Lipinski definition) is 3. The molecule has 0 amide bonds. The molecule has 0 aliphatic carbocycles. The lowest BCUT2D eigenvalue weighted by atomic mass is 9.75. The summed E-state index contributed by atoms with van der Waals surface area (Å²) < 4.78 is 11.9. The number of carbonyl (C=O) groups excluding carboxylic acids is 1. The van der Waals surface area contributed by atoms with Crippen LogP contribution in [0.15, 0.2) is 12.1 Å². The van der Waals surface area contributed by atoms with Gasteiger partial charge in [-0.1, -0.05) is 23.7 Å². The Labute approximate surface area is 119 Å². The molecule has 0 N–H and O–H groups in total. The molecule has 1 saturated heterocycles. The lowest BCUT2D eigenvalue weighted by Crippen LogP contribution is -2.41. The van der Waals surface area contributed by atoms with E-state index in [0.29, 0.717) is 16.0 Å². The minimum absolute atomic E-state index is 0.435. The van der Waals surface area contributed by atoms with Crippen molar-refractivity contribution in [2.24, 2.45) is 0 Å². The zero-order valence-corrected chi connectivity index (χ0v) is 12.7. The van der Waals surface area contributed by atoms with Gasteiger partial charge in [-0.25, -0.2) is 0 Å². The first-order valence-corrected chi connectivity index (χ1v) is 6.67. The molecule has 102 valence electrons. The predicted octanol–water partition coefficient (Wildman–Crippen LogP) is 2.76. The van der Waals surface area contributed by atoms with E-state index < -0.39 is 18.3 Å². The SMILES string of the molecule is Cc1ccc(B2OC(C)(C)C(C)(C)O2)c(C=O)c1Cl. The van der Waals surface area contributed by atoms with Gasteiger partial charge in [-0.2, -0.15) is 0 Å². The van der Waals surface area contributed by atoms with Crippen molar-refractivity contribution in [2.75, 3.05) is 0 Å². The molecule has 1 aliphatic rings. The van der Waals surface area contributed by atoms with E-state index in [1.807, 2.05) is 46.8 Å². The third kappa shape index (κ3) is 2.33. The van der Waals surface area contributed by atoms with Gasteiger partial charge in [0.2, 0.25) is 0 Å². The number of hydrogen-bond donors (Lipinski definition) is 0. The van der Waals surface area contributed by atoms with Crippen molar-refractivity contribution in [3.8, 4) is 0 Å². The maximum atomic E-state index is 11.3. The Hall–Kier alpha value is -0.835. The van der Waals surface area contributed by atoms with Crippen molar-refractivity contribution in [3.63, 3.8) is 0 Å². The van der Waals surface area contributed by atoms with Crippen LogP contribution in [-0.4, -0.2) is 24.6 Å². The highest BCUT2D eigenvalue weighted by molar-refractivity contribution is 6.64. The fourth-order valence-corrected chi connectivity index (χ4v) is 2.23. The Morgan fingerprint density at radius 2 is 1.68 bits per heavy atom. The molecule has 2 rings (SSSR count). The van der Waals surface area contributed by atoms with E-state index in [2.05, 4.69) is 0 Å². The van der Waals surface area contributed by atoms with E-state index in [-0.39, 0.29) is 0 Å². The largest absolute Gasteiger partial charge is 0.495 e. The fourth-order valence-electron chi connectivity index (χ4n) is 2.01. The molecule has 1 aromatic carbocycles. The standard InChI is InChI=1S/C14H18BClO3/c1-9-6-7-11(10(8-17)12(9)16)15-18-13(2,3)14(4,5)19-15/h6-8H,1-5H3. The number of rotatable bonds is 2. The van der Waals surface area contributed by atoms with Gasteiger partial charge in [-0.15, -0.1) is 0 Å². The number of carbonyl (C=O) groups is 1. The van der Waals surface area contributed by atoms with Crippen LogP contribution in [0, 0.1) is 6.92 Å². The first kappa shape index (κ1) is 14.6. The molecule has 3 nitrogen and oxygen atoms in total. The molecular weight excluding hydrogens is 262 g/mol. The van der Waals surface area contributed by atoms with Gasteiger partial charge in [0.05, 0.1) is 16.2 Å². The van der Waals surface area contributed by atoms with E-state index in [0.717, 1.165) is 11.8 Å². The highest BCUT2D eigenvalue weighted by Gasteiger charge is 2.52. The van der Waals surface area contributed by atoms with Crippen molar-refractivity contribution in [2.45, 2.75) is 45.8 Å². The topological polar surface area (TPSA) is 35.5 Å². The molecule has 0 bridgehead atoms. The molecule has 1 heterocycles. The first-order valence-electron chi connectivity index (χ1n) is 6.29. The smallest absolute Gasteiger partial charge is 0.399 e. The van der Waals surface area contributed by atoms with Gasteiger partial charge in [0.25, 0.3) is 0 Å². The summed E-state index contributed by atoms with van der Waals surface area (Å²) in [5, 5.41) is 0.460. The number of aryl methyl sites for hydroxylation is 1. The van der Waals surface area contributed by atoms with Gasteiger partial charge in [0, 0.05) is 5.56 Å². The average Bonchev–Trinajstić information content (AvgIpc) is 2.51. The van der Waals surface area contributed by atoms with E-state index in [1.54, 1.807) is 0 Å². The van der Waals surface area contributed by atoms with Crippen molar-refractivity contribution >= 4 is 30.5 Å². The van der Waals surface area contributed by atoms with Crippen LogP contribution in [-0.2, 0) is 9.31 Å². The normalized spacial score (nSPS) is 20.6. The molecule has 1 aliphatic heterocycles. The van der Waals surface area contributed by atoms with Crippen LogP contribution < -0.4 is 5.46 Å². The second kappa shape index (κ2) is 4.62. The molecule has 0 atom stereocenters. The molecule has 0 aromatic heterocycles. The Morgan fingerprint density at radius 1 is 1.16 bits per heavy atom. The Morgan fingerprint density at radius 3 is 2.16 bits per heavy atom. The summed E-state index contributed by atoms with van der Waals surface area (Å²) in [6.07, 6.45) is 0.760. The van der Waals surface area contributed by atoms with Crippen LogP contribution in [0.2, 0.25) is 5.02 Å². The molecule has 0 radical (unpaired) electrons. The fraction of sp³-hybridized carbons (Fsp3) is 0.500. The summed E-state index contributed by atoms with van der Waals surface area (Å²) in [5.74, 6) is 0. The maximum absolute atomic E-state index is 11.3. The second-order valence-corrected chi connectivity index (χ2v) is 6.28. The molecule has 0 spiro atoms. The summed E-state index contributed by atoms with van der Waals surface area (Å²) in [4.78, 5) is 11.3. The third-order valence-electron chi connectivity index (χ3n) is 4.03. The van der Waals surface area contributed by atoms with E-state index in [4.69, 9.17) is 20.9 Å². The van der Waals surface area contributed by atoms with Gasteiger partial charge in [0.15, 0.2) is 6.29 Å². The number of aldehydes is 1. The Bertz CT molecular complexity index is 510. The van der Waals surface area contributed by atoms with Gasteiger partial charge in [0.1, 0.15) is 0 Å². The lowest BCUT2D eigenvalue weighted by molar-refractivity contribution is 0.00578. The quantitative estimate of drug-likeness (QED) is 0.617. The molecule has 0 unspecified atom stereocenters. The zero-order chi connectivity index (χ0) is 14.4. The highest BCUT2D eigenvalue weighted by atomic mass is 35.5. The van der Waals surface area contributed by atoms with Crippen LogP contribution in [0.3, 0.4) is 0 Å². The van der Waals surface area contributed by atoms with Crippen molar-refractivity contribution in [3.05, 3.63) is 28.3 Å². The molecule has 5 heteroatoms.